The minimum Gasteiger partial charge on any atom is -0.481 e. The topological polar surface area (TPSA) is 97.1 Å². The van der Waals surface area contributed by atoms with Crippen LogP contribution in [0.1, 0.15) is 17.0 Å². The van der Waals surface area contributed by atoms with Crippen molar-refractivity contribution in [2.45, 2.75) is 25.9 Å². The van der Waals surface area contributed by atoms with E-state index in [0.717, 1.165) is 4.88 Å². The van der Waals surface area contributed by atoms with Gasteiger partial charge in [-0.25, -0.2) is 4.68 Å². The van der Waals surface area contributed by atoms with Gasteiger partial charge in [0.25, 0.3) is 0 Å². The van der Waals surface area contributed by atoms with Gasteiger partial charge < -0.3 is 10.4 Å². The van der Waals surface area contributed by atoms with Gasteiger partial charge in [-0.05, 0) is 11.4 Å². The molecule has 0 aromatic carbocycles. The first-order chi connectivity index (χ1) is 9.63. The summed E-state index contributed by atoms with van der Waals surface area (Å²) in [5.41, 5.74) is 0.568. The van der Waals surface area contributed by atoms with Crippen molar-refractivity contribution in [3.8, 4) is 0 Å². The highest BCUT2D eigenvalue weighted by Gasteiger charge is 2.07. The van der Waals surface area contributed by atoms with Crippen LogP contribution < -0.4 is 5.32 Å². The van der Waals surface area contributed by atoms with Crippen LogP contribution in [0.25, 0.3) is 0 Å². The van der Waals surface area contributed by atoms with Gasteiger partial charge in [0.1, 0.15) is 6.54 Å². The van der Waals surface area contributed by atoms with Crippen LogP contribution in [0.4, 0.5) is 0 Å². The second-order valence-corrected chi connectivity index (χ2v) is 5.19. The molecule has 0 saturated heterocycles. The summed E-state index contributed by atoms with van der Waals surface area (Å²) in [7, 11) is 0. The van der Waals surface area contributed by atoms with Crippen LogP contribution in [0.5, 0.6) is 0 Å². The Hall–Kier alpha value is -2.22. The van der Waals surface area contributed by atoms with E-state index in [9.17, 15) is 9.59 Å². The van der Waals surface area contributed by atoms with E-state index < -0.39 is 5.97 Å². The third-order valence-electron chi connectivity index (χ3n) is 2.53. The summed E-state index contributed by atoms with van der Waals surface area (Å²) in [6.07, 6.45) is 1.91. The number of carbonyl (C=O) groups excluding carboxylic acids is 1. The summed E-state index contributed by atoms with van der Waals surface area (Å²) in [5, 5.41) is 20.9. The fraction of sp³-hybridized carbons (Fsp3) is 0.333. The number of thiophene rings is 1. The Morgan fingerprint density at radius 2 is 2.30 bits per heavy atom. The molecule has 106 valence electrons. The average Bonchev–Trinajstić information content (AvgIpc) is 3.05. The fourth-order valence-electron chi connectivity index (χ4n) is 1.57. The van der Waals surface area contributed by atoms with Crippen molar-refractivity contribution in [3.05, 3.63) is 34.3 Å². The molecule has 8 heteroatoms. The summed E-state index contributed by atoms with van der Waals surface area (Å²) in [4.78, 5) is 23.2. The number of hydrogen-bond acceptors (Lipinski definition) is 5. The number of hydrogen-bond donors (Lipinski definition) is 2. The van der Waals surface area contributed by atoms with Gasteiger partial charge in [0.05, 0.1) is 18.7 Å². The number of carboxylic acid groups (broad SMARTS) is 1. The lowest BCUT2D eigenvalue weighted by Gasteiger charge is -2.02. The Labute approximate surface area is 119 Å². The molecule has 2 aromatic rings. The van der Waals surface area contributed by atoms with Crippen molar-refractivity contribution in [2.24, 2.45) is 0 Å². The van der Waals surface area contributed by atoms with Crippen molar-refractivity contribution in [3.63, 3.8) is 0 Å². The van der Waals surface area contributed by atoms with Crippen molar-refractivity contribution >= 4 is 23.2 Å². The standard InChI is InChI=1S/C12H14N4O3S/c17-11(13-6-10-2-1-5-20-10)8-16-7-9(14-15-16)3-4-12(18)19/h1-2,5,7H,3-4,6,8H2,(H,13,17)(H,18,19). The molecule has 0 fully saturated rings. The second-order valence-electron chi connectivity index (χ2n) is 4.16. The fourth-order valence-corrected chi connectivity index (χ4v) is 2.21. The number of nitrogens with one attached hydrogen (secondary N) is 1. The Balaban J connectivity index is 1.77. The van der Waals surface area contributed by atoms with Crippen LogP contribution in [0.3, 0.4) is 0 Å². The van der Waals surface area contributed by atoms with Crippen LogP contribution in [0.15, 0.2) is 23.7 Å². The van der Waals surface area contributed by atoms with Crippen LogP contribution in [-0.2, 0) is 29.1 Å². The molecule has 0 atom stereocenters. The molecule has 1 amide bonds. The van der Waals surface area contributed by atoms with Gasteiger partial charge in [0, 0.05) is 17.5 Å². The molecule has 2 N–H and O–H groups in total. The largest absolute Gasteiger partial charge is 0.481 e. The minimum atomic E-state index is -0.881. The highest BCUT2D eigenvalue weighted by atomic mass is 32.1. The smallest absolute Gasteiger partial charge is 0.303 e. The maximum atomic E-state index is 11.7. The molecule has 2 rings (SSSR count). The summed E-state index contributed by atoms with van der Waals surface area (Å²) < 4.78 is 1.40. The lowest BCUT2D eigenvalue weighted by Crippen LogP contribution is -2.27. The van der Waals surface area contributed by atoms with Gasteiger partial charge in [0.15, 0.2) is 0 Å². The number of nitrogens with zero attached hydrogens (tertiary/aromatic N) is 3. The molecule has 0 saturated carbocycles. The molecule has 0 aliphatic rings. The molecule has 0 aliphatic carbocycles. The monoisotopic (exact) mass is 294 g/mol. The Morgan fingerprint density at radius 1 is 1.45 bits per heavy atom. The molecule has 7 nitrogen and oxygen atoms in total. The number of carboxylic acids is 1. The lowest BCUT2D eigenvalue weighted by atomic mass is 10.2. The predicted octanol–water partition coefficient (Wildman–Crippen LogP) is 0.673. The van der Waals surface area contributed by atoms with E-state index in [4.69, 9.17) is 5.11 Å². The van der Waals surface area contributed by atoms with Crippen molar-refractivity contribution in [1.29, 1.82) is 0 Å². The van der Waals surface area contributed by atoms with Crippen molar-refractivity contribution < 1.29 is 14.7 Å². The van der Waals surface area contributed by atoms with E-state index in [1.165, 1.54) is 4.68 Å². The Kier molecular flexibility index (Phi) is 4.83. The van der Waals surface area contributed by atoms with Gasteiger partial charge in [-0.3, -0.25) is 9.59 Å². The first-order valence-corrected chi connectivity index (χ1v) is 6.91. The highest BCUT2D eigenvalue weighted by Crippen LogP contribution is 2.07. The molecule has 0 radical (unpaired) electrons. The normalized spacial score (nSPS) is 10.4. The SMILES string of the molecule is O=C(O)CCc1cn(CC(=O)NCc2cccs2)nn1. The van der Waals surface area contributed by atoms with Crippen LogP contribution >= 0.6 is 11.3 Å². The molecule has 2 heterocycles. The highest BCUT2D eigenvalue weighted by molar-refractivity contribution is 7.09. The van der Waals surface area contributed by atoms with Gasteiger partial charge in [-0.2, -0.15) is 0 Å². The maximum Gasteiger partial charge on any atom is 0.303 e. The molecule has 20 heavy (non-hydrogen) atoms. The van der Waals surface area contributed by atoms with Crippen LogP contribution in [0.2, 0.25) is 0 Å². The van der Waals surface area contributed by atoms with E-state index in [0.29, 0.717) is 18.7 Å². The van der Waals surface area contributed by atoms with E-state index in [-0.39, 0.29) is 18.9 Å². The van der Waals surface area contributed by atoms with Gasteiger partial charge in [0.2, 0.25) is 5.91 Å². The molecule has 2 aromatic heterocycles. The van der Waals surface area contributed by atoms with Gasteiger partial charge >= 0.3 is 5.97 Å². The number of amides is 1. The summed E-state index contributed by atoms with van der Waals surface area (Å²) >= 11 is 1.58. The quantitative estimate of drug-likeness (QED) is 0.782. The van der Waals surface area contributed by atoms with Gasteiger partial charge in [-0.1, -0.05) is 11.3 Å². The number of aromatic nitrogens is 3. The van der Waals surface area contributed by atoms with E-state index >= 15 is 0 Å². The third kappa shape index (κ3) is 4.47. The zero-order valence-corrected chi connectivity index (χ0v) is 11.5. The predicted molar refractivity (Wildman–Crippen MR) is 72.1 cm³/mol. The second kappa shape index (κ2) is 6.80. The lowest BCUT2D eigenvalue weighted by molar-refractivity contribution is -0.137. The van der Waals surface area contributed by atoms with Crippen LogP contribution in [0, 0.1) is 0 Å². The zero-order chi connectivity index (χ0) is 14.4. The number of rotatable bonds is 7. The molecular formula is C12H14N4O3S. The third-order valence-corrected chi connectivity index (χ3v) is 3.40. The first kappa shape index (κ1) is 14.2. The molecule has 0 spiro atoms. The number of aryl methyl sites for hydroxylation is 1. The Bertz CT molecular complexity index is 579. The van der Waals surface area contributed by atoms with Gasteiger partial charge in [-0.15, -0.1) is 16.4 Å². The van der Waals surface area contributed by atoms with Crippen molar-refractivity contribution in [2.75, 3.05) is 0 Å². The number of carbonyl (C=O) groups is 2. The van der Waals surface area contributed by atoms with E-state index in [1.807, 2.05) is 17.5 Å². The molecule has 0 bridgehead atoms. The van der Waals surface area contributed by atoms with Crippen LogP contribution in [-0.4, -0.2) is 32.0 Å². The first-order valence-electron chi connectivity index (χ1n) is 6.03. The minimum absolute atomic E-state index is 0.00324. The molecule has 0 unspecified atom stereocenters. The zero-order valence-electron chi connectivity index (χ0n) is 10.7. The Morgan fingerprint density at radius 3 is 3.00 bits per heavy atom. The molecular weight excluding hydrogens is 280 g/mol. The summed E-state index contributed by atoms with van der Waals surface area (Å²) in [6.45, 7) is 0.572. The average molecular weight is 294 g/mol. The maximum absolute atomic E-state index is 11.7. The molecule has 0 aliphatic heterocycles. The summed E-state index contributed by atoms with van der Waals surface area (Å²) in [6, 6.07) is 3.88. The van der Waals surface area contributed by atoms with E-state index in [2.05, 4.69) is 15.6 Å². The number of aliphatic carboxylic acids is 1. The van der Waals surface area contributed by atoms with Crippen molar-refractivity contribution in [1.82, 2.24) is 20.3 Å². The van der Waals surface area contributed by atoms with E-state index in [1.54, 1.807) is 17.5 Å². The summed E-state index contributed by atoms with van der Waals surface area (Å²) in [5.74, 6) is -1.04.